The van der Waals surface area contributed by atoms with Gasteiger partial charge in [0.05, 0.1) is 14.4 Å². The first-order chi connectivity index (χ1) is 5.99. The summed E-state index contributed by atoms with van der Waals surface area (Å²) in [4.78, 5) is 20.4. The van der Waals surface area contributed by atoms with E-state index >= 15 is 0 Å². The van der Waals surface area contributed by atoms with E-state index in [-0.39, 0.29) is 29.3 Å². The van der Waals surface area contributed by atoms with Crippen molar-refractivity contribution < 1.29 is 35.7 Å². The van der Waals surface area contributed by atoms with E-state index in [2.05, 4.69) is 11.4 Å². The van der Waals surface area contributed by atoms with Crippen molar-refractivity contribution in [2.24, 2.45) is 5.92 Å². The Morgan fingerprint density at radius 3 is 2.29 bits per heavy atom. The molecule has 0 aliphatic rings. The molecule has 0 saturated carbocycles. The minimum atomic E-state index is -4.76. The molecule has 0 bridgehead atoms. The molecule has 0 heterocycles. The Labute approximate surface area is 95.9 Å². The first-order valence-corrected chi connectivity index (χ1v) is 6.12. The fraction of sp³-hybridized carbons (Fsp3) is 1.00. The van der Waals surface area contributed by atoms with E-state index < -0.39 is 7.82 Å². The normalized spacial score (nSPS) is 13.4. The third kappa shape index (κ3) is 10.7. The zero-order chi connectivity index (χ0) is 10.3. The van der Waals surface area contributed by atoms with Crippen LogP contribution in [0.1, 0.15) is 39.5 Å². The van der Waals surface area contributed by atoms with E-state index in [1.54, 1.807) is 0 Å². The van der Waals surface area contributed by atoms with E-state index in [0.717, 1.165) is 25.7 Å². The van der Waals surface area contributed by atoms with Crippen LogP contribution < -0.4 is 9.79 Å². The van der Waals surface area contributed by atoms with E-state index in [9.17, 15) is 14.4 Å². The van der Waals surface area contributed by atoms with Gasteiger partial charge in [-0.15, -0.1) is 0 Å². The zero-order valence-corrected chi connectivity index (χ0v) is 10.5. The van der Waals surface area contributed by atoms with Crippen molar-refractivity contribution in [1.82, 2.24) is 0 Å². The third-order valence-corrected chi connectivity index (χ3v) is 2.48. The molecule has 6 heteroatoms. The first kappa shape index (κ1) is 17.0. The number of hydrogen-bond donors (Lipinski definition) is 0. The molecular formula is C8H17CoO4P. The van der Waals surface area contributed by atoms with Crippen molar-refractivity contribution in [2.45, 2.75) is 39.5 Å². The van der Waals surface area contributed by atoms with Gasteiger partial charge in [0.25, 0.3) is 0 Å². The van der Waals surface area contributed by atoms with Gasteiger partial charge >= 0.3 is 16.8 Å². The second kappa shape index (κ2) is 8.89. The predicted molar refractivity (Wildman–Crippen MR) is 46.9 cm³/mol. The van der Waals surface area contributed by atoms with Crippen LogP contribution in [-0.4, -0.2) is 6.61 Å². The summed E-state index contributed by atoms with van der Waals surface area (Å²) in [5, 5.41) is 0. The summed E-state index contributed by atoms with van der Waals surface area (Å²) in [6.07, 6.45) is 3.89. The smallest absolute Gasteiger partial charge is 0.790 e. The molecule has 0 spiro atoms. The third-order valence-electron chi connectivity index (χ3n) is 2.01. The molecule has 0 aliphatic carbocycles. The quantitative estimate of drug-likeness (QED) is 0.646. The second-order valence-corrected chi connectivity index (χ2v) is 4.31. The van der Waals surface area contributed by atoms with E-state index in [0.29, 0.717) is 0 Å². The molecule has 1 radical (unpaired) electrons. The molecule has 0 rings (SSSR count). The summed E-state index contributed by atoms with van der Waals surface area (Å²) in [5.41, 5.74) is 0. The molecule has 4 nitrogen and oxygen atoms in total. The SMILES string of the molecule is CCCCC(CC)COP(=O)([O-])[O-].[Co+2]. The Morgan fingerprint density at radius 2 is 1.93 bits per heavy atom. The van der Waals surface area contributed by atoms with E-state index in [4.69, 9.17) is 0 Å². The Hall–Kier alpha value is 0.616. The molecule has 14 heavy (non-hydrogen) atoms. The Kier molecular flexibility index (Phi) is 10.8. The number of rotatable bonds is 7. The predicted octanol–water partition coefficient (Wildman–Crippen LogP) is 1.05. The van der Waals surface area contributed by atoms with Crippen LogP contribution in [0, 0.1) is 5.92 Å². The van der Waals surface area contributed by atoms with Gasteiger partial charge in [-0.1, -0.05) is 33.1 Å². The van der Waals surface area contributed by atoms with Gasteiger partial charge in [-0.2, -0.15) is 0 Å². The van der Waals surface area contributed by atoms with Crippen molar-refractivity contribution >= 4 is 7.82 Å². The van der Waals surface area contributed by atoms with Gasteiger partial charge in [-0.3, -0.25) is 0 Å². The summed E-state index contributed by atoms with van der Waals surface area (Å²) in [7, 11) is -4.76. The molecule has 1 unspecified atom stereocenters. The maximum absolute atomic E-state index is 10.2. The van der Waals surface area contributed by atoms with Crippen LogP contribution in [0.2, 0.25) is 0 Å². The van der Waals surface area contributed by atoms with Gasteiger partial charge in [0, 0.05) is 0 Å². The molecule has 0 aromatic heterocycles. The zero-order valence-electron chi connectivity index (χ0n) is 8.53. The summed E-state index contributed by atoms with van der Waals surface area (Å²) in [6, 6.07) is 0. The molecule has 0 amide bonds. The number of hydrogen-bond acceptors (Lipinski definition) is 4. The van der Waals surface area contributed by atoms with E-state index in [1.165, 1.54) is 0 Å². The van der Waals surface area contributed by atoms with Gasteiger partial charge in [-0.25, -0.2) is 0 Å². The molecule has 0 aliphatic heterocycles. The second-order valence-electron chi connectivity index (χ2n) is 3.16. The van der Waals surface area contributed by atoms with Crippen LogP contribution in [0.4, 0.5) is 0 Å². The topological polar surface area (TPSA) is 72.4 Å². The first-order valence-electron chi connectivity index (χ1n) is 4.66. The summed E-state index contributed by atoms with van der Waals surface area (Å²) in [5.74, 6) is 0.191. The largest absolute Gasteiger partial charge is 2.00 e. The van der Waals surface area contributed by atoms with Gasteiger partial charge in [0.1, 0.15) is 0 Å². The maximum Gasteiger partial charge on any atom is 2.00 e. The fourth-order valence-electron chi connectivity index (χ4n) is 1.09. The van der Waals surface area contributed by atoms with Gasteiger partial charge in [0.2, 0.25) is 0 Å². The molecule has 87 valence electrons. The Balaban J connectivity index is 0. The van der Waals surface area contributed by atoms with E-state index in [1.807, 2.05) is 6.92 Å². The van der Waals surface area contributed by atoms with Crippen LogP contribution in [0.3, 0.4) is 0 Å². The van der Waals surface area contributed by atoms with Gasteiger partial charge < -0.3 is 18.9 Å². The molecule has 1 atom stereocenters. The molecule has 0 aromatic rings. The molecule has 0 fully saturated rings. The average Bonchev–Trinajstić information content (AvgIpc) is 2.03. The number of phosphoric acid groups is 1. The van der Waals surface area contributed by atoms with Crippen LogP contribution in [0.25, 0.3) is 0 Å². The fourth-order valence-corrected chi connectivity index (χ4v) is 1.49. The standard InChI is InChI=1S/C8H19O4P.Co/c1-3-5-6-8(4-2)7-12-13(9,10)11;/h8H,3-7H2,1-2H3,(H2,9,10,11);/q;+2/p-2. The summed E-state index contributed by atoms with van der Waals surface area (Å²) in [6.45, 7) is 4.07. The summed E-state index contributed by atoms with van der Waals surface area (Å²) < 4.78 is 14.4. The van der Waals surface area contributed by atoms with Crippen LogP contribution in [0.5, 0.6) is 0 Å². The van der Waals surface area contributed by atoms with Crippen LogP contribution >= 0.6 is 7.82 Å². The van der Waals surface area contributed by atoms with Crippen molar-refractivity contribution in [3.63, 3.8) is 0 Å². The van der Waals surface area contributed by atoms with Crippen molar-refractivity contribution in [3.05, 3.63) is 0 Å². The minimum Gasteiger partial charge on any atom is -0.790 e. The Morgan fingerprint density at radius 1 is 1.36 bits per heavy atom. The van der Waals surface area contributed by atoms with Crippen LogP contribution in [0.15, 0.2) is 0 Å². The molecule has 0 N–H and O–H groups in total. The van der Waals surface area contributed by atoms with Gasteiger partial charge in [0.15, 0.2) is 0 Å². The van der Waals surface area contributed by atoms with Crippen molar-refractivity contribution in [3.8, 4) is 0 Å². The van der Waals surface area contributed by atoms with Crippen molar-refractivity contribution in [2.75, 3.05) is 6.61 Å². The monoisotopic (exact) mass is 267 g/mol. The van der Waals surface area contributed by atoms with Crippen LogP contribution in [-0.2, 0) is 25.9 Å². The van der Waals surface area contributed by atoms with Crippen molar-refractivity contribution in [1.29, 1.82) is 0 Å². The maximum atomic E-state index is 10.2. The average molecular weight is 267 g/mol. The minimum absolute atomic E-state index is 0. The number of phosphoric ester groups is 1. The number of unbranched alkanes of at least 4 members (excludes halogenated alkanes) is 1. The molecular weight excluding hydrogens is 250 g/mol. The molecule has 0 aromatic carbocycles. The summed E-state index contributed by atoms with van der Waals surface area (Å²) >= 11 is 0. The molecule has 0 saturated heterocycles. The van der Waals surface area contributed by atoms with Gasteiger partial charge in [-0.05, 0) is 12.3 Å². The Bertz CT molecular complexity index is 171.